The van der Waals surface area contributed by atoms with Gasteiger partial charge in [-0.1, -0.05) is 0 Å². The average Bonchev–Trinajstić information content (AvgIpc) is 3.19. The molecule has 0 saturated carbocycles. The topological polar surface area (TPSA) is 72.1 Å². The van der Waals surface area contributed by atoms with Crippen molar-refractivity contribution in [1.29, 1.82) is 0 Å². The molecule has 7 nitrogen and oxygen atoms in total. The van der Waals surface area contributed by atoms with Crippen LogP contribution in [0.3, 0.4) is 0 Å². The maximum absolute atomic E-state index is 11.9. The molecule has 1 aromatic rings. The first-order valence-corrected chi connectivity index (χ1v) is 9.49. The minimum absolute atomic E-state index is 0.181. The van der Waals surface area contributed by atoms with Crippen LogP contribution in [0.2, 0.25) is 0 Å². The molecule has 3 rings (SSSR count). The molecule has 0 aliphatic carbocycles. The molecule has 0 aromatic heterocycles. The van der Waals surface area contributed by atoms with E-state index in [1.165, 1.54) is 0 Å². The van der Waals surface area contributed by atoms with Crippen molar-refractivity contribution in [1.82, 2.24) is 10.2 Å². The maximum Gasteiger partial charge on any atom is 0.319 e. The van der Waals surface area contributed by atoms with Crippen molar-refractivity contribution in [3.63, 3.8) is 0 Å². The molecule has 0 radical (unpaired) electrons. The summed E-state index contributed by atoms with van der Waals surface area (Å²) < 4.78 is 16.6. The van der Waals surface area contributed by atoms with E-state index in [1.54, 1.807) is 0 Å². The molecular weight excluding hydrogens is 334 g/mol. The normalized spacial score (nSPS) is 20.7. The van der Waals surface area contributed by atoms with Gasteiger partial charge in [-0.2, -0.15) is 0 Å². The third-order valence-electron chi connectivity index (χ3n) is 4.61. The van der Waals surface area contributed by atoms with Crippen LogP contribution in [-0.2, 0) is 9.47 Å². The van der Waals surface area contributed by atoms with Gasteiger partial charge in [0.15, 0.2) is 0 Å². The fourth-order valence-electron chi connectivity index (χ4n) is 3.10. The number of nitrogens with zero attached hydrogens (tertiary/aromatic N) is 1. The van der Waals surface area contributed by atoms with E-state index in [1.807, 2.05) is 24.3 Å². The van der Waals surface area contributed by atoms with Crippen LogP contribution >= 0.6 is 0 Å². The number of hydrogen-bond acceptors (Lipinski definition) is 5. The molecule has 2 amide bonds. The Morgan fingerprint density at radius 3 is 2.73 bits per heavy atom. The van der Waals surface area contributed by atoms with Gasteiger partial charge in [0.2, 0.25) is 0 Å². The predicted octanol–water partition coefficient (Wildman–Crippen LogP) is 2.09. The van der Waals surface area contributed by atoms with Gasteiger partial charge in [0.05, 0.1) is 19.3 Å². The molecule has 1 atom stereocenters. The highest BCUT2D eigenvalue weighted by molar-refractivity contribution is 5.89. The van der Waals surface area contributed by atoms with Gasteiger partial charge in [-0.15, -0.1) is 0 Å². The Morgan fingerprint density at radius 2 is 2.00 bits per heavy atom. The quantitative estimate of drug-likeness (QED) is 0.692. The Hall–Kier alpha value is -1.83. The van der Waals surface area contributed by atoms with Crippen LogP contribution in [0.5, 0.6) is 5.75 Å². The third kappa shape index (κ3) is 6.48. The number of hydrogen-bond donors (Lipinski definition) is 2. The summed E-state index contributed by atoms with van der Waals surface area (Å²) in [4.78, 5) is 14.3. The first-order chi connectivity index (χ1) is 12.8. The zero-order valence-corrected chi connectivity index (χ0v) is 15.2. The van der Waals surface area contributed by atoms with Crippen molar-refractivity contribution in [2.24, 2.45) is 0 Å². The lowest BCUT2D eigenvalue weighted by atomic mass is 10.2. The van der Waals surface area contributed by atoms with E-state index in [4.69, 9.17) is 14.2 Å². The maximum atomic E-state index is 11.9. The Bertz CT molecular complexity index is 540. The van der Waals surface area contributed by atoms with Crippen molar-refractivity contribution in [2.75, 3.05) is 57.9 Å². The molecule has 0 spiro atoms. The molecule has 2 aliphatic rings. The lowest BCUT2D eigenvalue weighted by Crippen LogP contribution is -2.38. The van der Waals surface area contributed by atoms with Gasteiger partial charge in [0.25, 0.3) is 0 Å². The summed E-state index contributed by atoms with van der Waals surface area (Å²) >= 11 is 0. The number of ether oxygens (including phenoxy) is 3. The molecule has 2 saturated heterocycles. The number of rotatable bonds is 8. The summed E-state index contributed by atoms with van der Waals surface area (Å²) in [6, 6.07) is 7.24. The van der Waals surface area contributed by atoms with Crippen LogP contribution in [0, 0.1) is 0 Å². The van der Waals surface area contributed by atoms with Crippen LogP contribution in [0.1, 0.15) is 19.3 Å². The van der Waals surface area contributed by atoms with Crippen molar-refractivity contribution < 1.29 is 19.0 Å². The summed E-state index contributed by atoms with van der Waals surface area (Å²) in [6.07, 6.45) is 3.31. The number of carbonyl (C=O) groups excluding carboxylic acids is 1. The molecule has 2 N–H and O–H groups in total. The summed E-state index contributed by atoms with van der Waals surface area (Å²) in [6.45, 7) is 6.63. The van der Waals surface area contributed by atoms with E-state index < -0.39 is 0 Å². The lowest BCUT2D eigenvalue weighted by molar-refractivity contribution is 0.0375. The van der Waals surface area contributed by atoms with E-state index in [0.29, 0.717) is 13.2 Å². The van der Waals surface area contributed by atoms with Crippen LogP contribution in [0.15, 0.2) is 24.3 Å². The fourth-order valence-corrected chi connectivity index (χ4v) is 3.10. The summed E-state index contributed by atoms with van der Waals surface area (Å²) in [5.74, 6) is 0.789. The summed E-state index contributed by atoms with van der Waals surface area (Å²) in [5.41, 5.74) is 0.750. The van der Waals surface area contributed by atoms with Crippen LogP contribution in [0.4, 0.5) is 10.5 Å². The molecule has 26 heavy (non-hydrogen) atoms. The Kier molecular flexibility index (Phi) is 7.54. The fraction of sp³-hybridized carbons (Fsp3) is 0.632. The summed E-state index contributed by atoms with van der Waals surface area (Å²) in [5, 5.41) is 5.73. The zero-order valence-electron chi connectivity index (χ0n) is 15.2. The Balaban J connectivity index is 1.29. The molecule has 2 heterocycles. The van der Waals surface area contributed by atoms with Gasteiger partial charge < -0.3 is 24.8 Å². The van der Waals surface area contributed by atoms with E-state index in [0.717, 1.165) is 70.2 Å². The minimum atomic E-state index is -0.181. The Morgan fingerprint density at radius 1 is 1.19 bits per heavy atom. The number of carbonyl (C=O) groups is 1. The lowest BCUT2D eigenvalue weighted by Gasteiger charge is -2.26. The van der Waals surface area contributed by atoms with Gasteiger partial charge in [-0.3, -0.25) is 4.90 Å². The number of morpholine rings is 1. The standard InChI is InChI=1S/C19H29N3O4/c23-19(20-8-2-9-22-10-13-24-14-11-22)21-16-4-6-17(7-5-16)26-15-18-3-1-12-25-18/h4-7,18H,1-3,8-15H2,(H2,20,21,23)/t18-/m1/s1. The zero-order chi connectivity index (χ0) is 18.0. The van der Waals surface area contributed by atoms with Crippen molar-refractivity contribution in [3.8, 4) is 5.75 Å². The third-order valence-corrected chi connectivity index (χ3v) is 4.61. The van der Waals surface area contributed by atoms with Crippen molar-refractivity contribution >= 4 is 11.7 Å². The second kappa shape index (κ2) is 10.4. The second-order valence-electron chi connectivity index (χ2n) is 6.66. The predicted molar refractivity (Wildman–Crippen MR) is 99.8 cm³/mol. The average molecular weight is 363 g/mol. The second-order valence-corrected chi connectivity index (χ2v) is 6.66. The molecule has 144 valence electrons. The van der Waals surface area contributed by atoms with E-state index in [-0.39, 0.29) is 12.1 Å². The van der Waals surface area contributed by atoms with Gasteiger partial charge >= 0.3 is 6.03 Å². The summed E-state index contributed by atoms with van der Waals surface area (Å²) in [7, 11) is 0. The first-order valence-electron chi connectivity index (χ1n) is 9.49. The number of nitrogens with one attached hydrogen (secondary N) is 2. The van der Waals surface area contributed by atoms with E-state index >= 15 is 0 Å². The monoisotopic (exact) mass is 363 g/mol. The highest BCUT2D eigenvalue weighted by Gasteiger charge is 2.16. The van der Waals surface area contributed by atoms with Crippen LogP contribution < -0.4 is 15.4 Å². The molecule has 7 heteroatoms. The van der Waals surface area contributed by atoms with E-state index in [9.17, 15) is 4.79 Å². The first kappa shape index (κ1) is 18.9. The van der Waals surface area contributed by atoms with Gasteiger partial charge in [0.1, 0.15) is 12.4 Å². The molecule has 1 aromatic carbocycles. The molecule has 2 fully saturated rings. The molecule has 2 aliphatic heterocycles. The molecular formula is C19H29N3O4. The molecule has 0 unspecified atom stereocenters. The number of anilines is 1. The van der Waals surface area contributed by atoms with Crippen molar-refractivity contribution in [2.45, 2.75) is 25.4 Å². The number of benzene rings is 1. The SMILES string of the molecule is O=C(NCCCN1CCOCC1)Nc1ccc(OC[C@H]2CCCO2)cc1. The largest absolute Gasteiger partial charge is 0.491 e. The highest BCUT2D eigenvalue weighted by Crippen LogP contribution is 2.18. The highest BCUT2D eigenvalue weighted by atomic mass is 16.5. The minimum Gasteiger partial charge on any atom is -0.491 e. The van der Waals surface area contributed by atoms with Crippen LogP contribution in [-0.4, -0.2) is 69.6 Å². The number of urea groups is 1. The smallest absolute Gasteiger partial charge is 0.319 e. The van der Waals surface area contributed by atoms with Gasteiger partial charge in [-0.25, -0.2) is 4.79 Å². The van der Waals surface area contributed by atoms with Gasteiger partial charge in [0, 0.05) is 31.9 Å². The van der Waals surface area contributed by atoms with Gasteiger partial charge in [-0.05, 0) is 50.1 Å². The molecule has 0 bridgehead atoms. The van der Waals surface area contributed by atoms with E-state index in [2.05, 4.69) is 15.5 Å². The number of amides is 2. The van der Waals surface area contributed by atoms with Crippen LogP contribution in [0.25, 0.3) is 0 Å². The Labute approximate surface area is 155 Å². The van der Waals surface area contributed by atoms with Crippen molar-refractivity contribution in [3.05, 3.63) is 24.3 Å².